The summed E-state index contributed by atoms with van der Waals surface area (Å²) in [5.74, 6) is 1.94. The largest absolute Gasteiger partial charge is 0.233 e. The second-order valence-electron chi connectivity index (χ2n) is 2.88. The summed E-state index contributed by atoms with van der Waals surface area (Å²) in [6.45, 7) is 3.68. The second-order valence-corrected chi connectivity index (χ2v) is 2.88. The minimum Gasteiger partial charge on any atom is -0.233 e. The van der Waals surface area contributed by atoms with E-state index in [0.717, 1.165) is 23.1 Å². The molecular weight excluding hydrogens is 148 g/mol. The number of hydrogen-bond donors (Lipinski definition) is 0. The lowest BCUT2D eigenvalue weighted by Crippen LogP contribution is -2.07. The Labute approximate surface area is 71.0 Å². The summed E-state index contributed by atoms with van der Waals surface area (Å²) in [7, 11) is 0. The zero-order valence-corrected chi connectivity index (χ0v) is 6.63. The predicted molar refractivity (Wildman–Crippen MR) is 49.3 cm³/mol. The maximum Gasteiger partial charge on any atom is 0.128 e. The number of benzene rings is 1. The molecule has 0 aliphatic heterocycles. The van der Waals surface area contributed by atoms with Gasteiger partial charge in [0.05, 0.1) is 0 Å². The number of carbonyl (C=O) groups excluding carboxylic acids is 1. The van der Waals surface area contributed by atoms with Crippen LogP contribution in [-0.4, -0.2) is 5.94 Å². The van der Waals surface area contributed by atoms with E-state index >= 15 is 0 Å². The monoisotopic (exact) mass is 156 g/mol. The zero-order chi connectivity index (χ0) is 8.55. The molecule has 1 aromatic rings. The van der Waals surface area contributed by atoms with Crippen molar-refractivity contribution in [2.24, 2.45) is 0 Å². The summed E-state index contributed by atoms with van der Waals surface area (Å²) in [6, 6.07) is 5.97. The lowest BCUT2D eigenvalue weighted by molar-refractivity contribution is 0.569. The van der Waals surface area contributed by atoms with Gasteiger partial charge < -0.3 is 0 Å². The molecular formula is C11H8O. The molecule has 0 saturated heterocycles. The lowest BCUT2D eigenvalue weighted by atomic mass is 9.83. The van der Waals surface area contributed by atoms with E-state index in [9.17, 15) is 4.79 Å². The maximum absolute atomic E-state index is 10.3. The minimum absolute atomic E-state index is 0.764. The Hall–Kier alpha value is -1.59. The Morgan fingerprint density at radius 1 is 1.50 bits per heavy atom. The molecule has 0 bridgehead atoms. The lowest BCUT2D eigenvalue weighted by Gasteiger charge is -2.19. The van der Waals surface area contributed by atoms with Gasteiger partial charge in [-0.2, -0.15) is 0 Å². The highest BCUT2D eigenvalue weighted by atomic mass is 16.1. The van der Waals surface area contributed by atoms with Gasteiger partial charge in [0.2, 0.25) is 0 Å². The van der Waals surface area contributed by atoms with E-state index in [0.29, 0.717) is 0 Å². The topological polar surface area (TPSA) is 17.1 Å². The summed E-state index contributed by atoms with van der Waals surface area (Å²) in [5.41, 5.74) is 4.18. The number of hydrogen-bond acceptors (Lipinski definition) is 1. The predicted octanol–water partition coefficient (Wildman–Crippen LogP) is 2.10. The van der Waals surface area contributed by atoms with E-state index in [-0.39, 0.29) is 0 Å². The number of rotatable bonds is 1. The van der Waals surface area contributed by atoms with Gasteiger partial charge in [-0.15, -0.1) is 0 Å². The van der Waals surface area contributed by atoms with Gasteiger partial charge in [-0.1, -0.05) is 30.9 Å². The van der Waals surface area contributed by atoms with E-state index in [4.69, 9.17) is 0 Å². The highest BCUT2D eigenvalue weighted by Crippen LogP contribution is 2.32. The minimum atomic E-state index is 0.764. The first-order valence-corrected chi connectivity index (χ1v) is 3.85. The van der Waals surface area contributed by atoms with Crippen molar-refractivity contribution >= 4 is 17.6 Å². The molecule has 0 unspecified atom stereocenters. The highest BCUT2D eigenvalue weighted by molar-refractivity contribution is 5.95. The standard InChI is InChI=1S/C11H8O/c1-2-8-3-4-11-9(5-8)6-10(11)7-12/h2-5H,1,6H2. The molecule has 1 nitrogen and oxygen atoms in total. The molecule has 0 saturated carbocycles. The van der Waals surface area contributed by atoms with Crippen LogP contribution in [0.1, 0.15) is 16.7 Å². The van der Waals surface area contributed by atoms with Gasteiger partial charge in [-0.05, 0) is 16.7 Å². The first kappa shape index (κ1) is 7.08. The Morgan fingerprint density at radius 2 is 2.33 bits per heavy atom. The zero-order valence-electron chi connectivity index (χ0n) is 6.63. The second kappa shape index (κ2) is 2.47. The van der Waals surface area contributed by atoms with E-state index in [1.165, 1.54) is 5.56 Å². The normalized spacial score (nSPS) is 12.8. The third kappa shape index (κ3) is 0.843. The average molecular weight is 156 g/mol. The summed E-state index contributed by atoms with van der Waals surface area (Å²) in [4.78, 5) is 10.3. The van der Waals surface area contributed by atoms with E-state index in [2.05, 4.69) is 12.6 Å². The smallest absolute Gasteiger partial charge is 0.128 e. The fourth-order valence-electron chi connectivity index (χ4n) is 1.45. The molecule has 0 N–H and O–H groups in total. The van der Waals surface area contributed by atoms with Crippen molar-refractivity contribution in [2.45, 2.75) is 6.42 Å². The fraction of sp³-hybridized carbons (Fsp3) is 0.0909. The molecule has 0 spiro atoms. The van der Waals surface area contributed by atoms with Crippen LogP contribution in [0.3, 0.4) is 0 Å². The average Bonchev–Trinajstić information content (AvgIpc) is 2.07. The SMILES string of the molecule is C=Cc1ccc2c(c1)CC2=C=O. The molecule has 0 heterocycles. The van der Waals surface area contributed by atoms with Crippen LogP contribution in [0.2, 0.25) is 0 Å². The van der Waals surface area contributed by atoms with Crippen LogP contribution < -0.4 is 0 Å². The van der Waals surface area contributed by atoms with E-state index in [1.807, 2.05) is 24.2 Å². The Morgan fingerprint density at radius 3 is 2.92 bits per heavy atom. The van der Waals surface area contributed by atoms with Crippen LogP contribution in [0.25, 0.3) is 11.6 Å². The van der Waals surface area contributed by atoms with Crippen molar-refractivity contribution in [1.82, 2.24) is 0 Å². The first-order chi connectivity index (χ1) is 5.85. The quantitative estimate of drug-likeness (QED) is 0.569. The molecule has 1 heteroatoms. The van der Waals surface area contributed by atoms with Crippen molar-refractivity contribution in [1.29, 1.82) is 0 Å². The molecule has 0 fully saturated rings. The summed E-state index contributed by atoms with van der Waals surface area (Å²) < 4.78 is 0. The van der Waals surface area contributed by atoms with Crippen LogP contribution in [0.15, 0.2) is 24.8 Å². The highest BCUT2D eigenvalue weighted by Gasteiger charge is 2.19. The molecule has 1 aliphatic rings. The Bertz CT molecular complexity index is 395. The van der Waals surface area contributed by atoms with Gasteiger partial charge in [0.25, 0.3) is 0 Å². The molecule has 0 aromatic heterocycles. The van der Waals surface area contributed by atoms with E-state index < -0.39 is 0 Å². The summed E-state index contributed by atoms with van der Waals surface area (Å²) >= 11 is 0. The summed E-state index contributed by atoms with van der Waals surface area (Å²) in [6.07, 6.45) is 2.57. The van der Waals surface area contributed by atoms with Gasteiger partial charge in [-0.25, -0.2) is 4.79 Å². The van der Waals surface area contributed by atoms with Crippen LogP contribution in [0.5, 0.6) is 0 Å². The summed E-state index contributed by atoms with van der Waals surface area (Å²) in [5, 5.41) is 0. The van der Waals surface area contributed by atoms with Crippen molar-refractivity contribution in [2.75, 3.05) is 0 Å². The van der Waals surface area contributed by atoms with E-state index in [1.54, 1.807) is 0 Å². The van der Waals surface area contributed by atoms with Crippen LogP contribution in [0.4, 0.5) is 0 Å². The van der Waals surface area contributed by atoms with Crippen LogP contribution in [-0.2, 0) is 11.2 Å². The third-order valence-electron chi connectivity index (χ3n) is 2.18. The molecule has 0 atom stereocenters. The molecule has 0 amide bonds. The molecule has 2 rings (SSSR count). The van der Waals surface area contributed by atoms with Crippen molar-refractivity contribution in [3.63, 3.8) is 0 Å². The Balaban J connectivity index is 2.54. The first-order valence-electron chi connectivity index (χ1n) is 3.85. The molecule has 0 radical (unpaired) electrons. The molecule has 1 aromatic carbocycles. The van der Waals surface area contributed by atoms with Gasteiger partial charge in [0, 0.05) is 12.0 Å². The van der Waals surface area contributed by atoms with Crippen molar-refractivity contribution < 1.29 is 4.79 Å². The number of fused-ring (bicyclic) bond motifs is 1. The van der Waals surface area contributed by atoms with Crippen LogP contribution in [0, 0.1) is 0 Å². The van der Waals surface area contributed by atoms with Crippen molar-refractivity contribution in [3.05, 3.63) is 41.5 Å². The fourth-order valence-corrected chi connectivity index (χ4v) is 1.45. The third-order valence-corrected chi connectivity index (χ3v) is 2.18. The maximum atomic E-state index is 10.3. The molecule has 1 aliphatic carbocycles. The molecule has 58 valence electrons. The Kier molecular flexibility index (Phi) is 1.46. The van der Waals surface area contributed by atoms with Gasteiger partial charge in [0.15, 0.2) is 0 Å². The van der Waals surface area contributed by atoms with Gasteiger partial charge in [0.1, 0.15) is 5.94 Å². The van der Waals surface area contributed by atoms with Crippen LogP contribution >= 0.6 is 0 Å². The molecule has 12 heavy (non-hydrogen) atoms. The number of allylic oxidation sites excluding steroid dienone is 1. The van der Waals surface area contributed by atoms with Crippen molar-refractivity contribution in [3.8, 4) is 0 Å². The van der Waals surface area contributed by atoms with Gasteiger partial charge >= 0.3 is 0 Å². The van der Waals surface area contributed by atoms with Gasteiger partial charge in [-0.3, -0.25) is 0 Å².